The van der Waals surface area contributed by atoms with Gasteiger partial charge in [-0.3, -0.25) is 19.5 Å². The molecule has 0 aliphatic carbocycles. The van der Waals surface area contributed by atoms with E-state index in [4.69, 9.17) is 16.7 Å². The first-order valence-electron chi connectivity index (χ1n) is 13.3. The summed E-state index contributed by atoms with van der Waals surface area (Å²) >= 11 is 8.10. The summed E-state index contributed by atoms with van der Waals surface area (Å²) in [5, 5.41) is 8.00. The highest BCUT2D eigenvalue weighted by atomic mass is 35.5. The van der Waals surface area contributed by atoms with Crippen LogP contribution in [0.2, 0.25) is 5.02 Å². The molecule has 0 spiro atoms. The summed E-state index contributed by atoms with van der Waals surface area (Å²) in [6.07, 6.45) is 3.32. The van der Waals surface area contributed by atoms with Gasteiger partial charge in [-0.1, -0.05) is 66.2 Å². The van der Waals surface area contributed by atoms with Crippen LogP contribution in [0.3, 0.4) is 0 Å². The number of para-hydroxylation sites is 1. The van der Waals surface area contributed by atoms with Crippen LogP contribution in [0.25, 0.3) is 16.9 Å². The fourth-order valence-electron chi connectivity index (χ4n) is 4.92. The van der Waals surface area contributed by atoms with Gasteiger partial charge in [0.25, 0.3) is 0 Å². The number of rotatable bonds is 7. The molecule has 1 N–H and O–H groups in total. The monoisotopic (exact) mass is 597 g/mol. The molecule has 1 atom stereocenters. The van der Waals surface area contributed by atoms with Gasteiger partial charge in [-0.25, -0.2) is 9.07 Å². The van der Waals surface area contributed by atoms with E-state index in [9.17, 15) is 14.0 Å². The molecule has 0 fully saturated rings. The zero-order valence-corrected chi connectivity index (χ0v) is 23.9. The summed E-state index contributed by atoms with van der Waals surface area (Å²) in [5.74, 6) is -0.380. The number of amides is 2. The van der Waals surface area contributed by atoms with Gasteiger partial charge in [0.15, 0.2) is 0 Å². The Hall–Kier alpha value is -4.47. The van der Waals surface area contributed by atoms with Gasteiger partial charge in [0.2, 0.25) is 11.8 Å². The molecule has 0 saturated heterocycles. The minimum atomic E-state index is -0.374. The molecule has 1 aliphatic heterocycles. The number of nitrogens with one attached hydrogen (secondary N) is 1. The summed E-state index contributed by atoms with van der Waals surface area (Å²) < 4.78 is 15.6. The first-order valence-corrected chi connectivity index (χ1v) is 14.7. The van der Waals surface area contributed by atoms with Crippen molar-refractivity contribution in [3.05, 3.63) is 131 Å². The predicted octanol–water partition coefficient (Wildman–Crippen LogP) is 6.21. The zero-order chi connectivity index (χ0) is 29.1. The highest BCUT2D eigenvalue weighted by Crippen LogP contribution is 2.48. The summed E-state index contributed by atoms with van der Waals surface area (Å²) in [6.45, 7) is 0.0697. The molecule has 0 bridgehead atoms. The molecule has 6 rings (SSSR count). The van der Waals surface area contributed by atoms with Crippen LogP contribution in [0.5, 0.6) is 0 Å². The number of aromatic nitrogens is 3. The Balaban J connectivity index is 1.52. The van der Waals surface area contributed by atoms with Crippen LogP contribution < -0.4 is 10.2 Å². The first kappa shape index (κ1) is 27.7. The van der Waals surface area contributed by atoms with E-state index in [2.05, 4.69) is 10.3 Å². The summed E-state index contributed by atoms with van der Waals surface area (Å²) in [5.41, 5.74) is 4.49. The molecule has 2 aromatic heterocycles. The molecule has 0 radical (unpaired) electrons. The van der Waals surface area contributed by atoms with Crippen LogP contribution >= 0.6 is 23.4 Å². The number of nitrogens with zero attached hydrogens (tertiary/aromatic N) is 4. The van der Waals surface area contributed by atoms with Crippen molar-refractivity contribution in [2.45, 2.75) is 11.8 Å². The average molecular weight is 598 g/mol. The Morgan fingerprint density at radius 1 is 0.976 bits per heavy atom. The van der Waals surface area contributed by atoms with Crippen LogP contribution in [0.1, 0.15) is 21.9 Å². The third-order valence-corrected chi connectivity index (χ3v) is 8.50. The summed E-state index contributed by atoms with van der Waals surface area (Å²) in [7, 11) is 0. The van der Waals surface area contributed by atoms with Crippen LogP contribution in [0.4, 0.5) is 10.2 Å². The maximum atomic E-state index is 14.0. The van der Waals surface area contributed by atoms with Crippen LogP contribution in [0.15, 0.2) is 103 Å². The molecular weight excluding hydrogens is 573 g/mol. The number of carbonyl (C=O) groups is 2. The third kappa shape index (κ3) is 5.66. The third-order valence-electron chi connectivity index (χ3n) is 6.93. The van der Waals surface area contributed by atoms with Crippen molar-refractivity contribution >= 4 is 41.0 Å². The van der Waals surface area contributed by atoms with Gasteiger partial charge in [0.05, 0.1) is 27.4 Å². The SMILES string of the molecule is O=C(CN1C(=O)CSC(c2ccc(F)cc2)c2c(-c3ccccc3)nn(-c3ccccc3Cl)c21)NCc1ccncc1. The van der Waals surface area contributed by atoms with Crippen molar-refractivity contribution < 1.29 is 14.0 Å². The quantitative estimate of drug-likeness (QED) is 0.241. The highest BCUT2D eigenvalue weighted by molar-refractivity contribution is 8.00. The van der Waals surface area contributed by atoms with E-state index in [1.165, 1.54) is 28.8 Å². The lowest BCUT2D eigenvalue weighted by Crippen LogP contribution is -2.42. The number of fused-ring (bicyclic) bond motifs is 1. The second-order valence-corrected chi connectivity index (χ2v) is 11.2. The highest BCUT2D eigenvalue weighted by Gasteiger charge is 2.38. The number of carbonyl (C=O) groups excluding carboxylic acids is 2. The summed E-state index contributed by atoms with van der Waals surface area (Å²) in [6, 6.07) is 26.8. The number of hydrogen-bond donors (Lipinski definition) is 1. The molecule has 10 heteroatoms. The molecule has 42 heavy (non-hydrogen) atoms. The van der Waals surface area contributed by atoms with Gasteiger partial charge in [-0.15, -0.1) is 11.8 Å². The van der Waals surface area contributed by atoms with Gasteiger partial charge in [-0.05, 0) is 47.5 Å². The maximum absolute atomic E-state index is 14.0. The predicted molar refractivity (Wildman–Crippen MR) is 163 cm³/mol. The fourth-order valence-corrected chi connectivity index (χ4v) is 6.34. The second-order valence-electron chi connectivity index (χ2n) is 9.67. The Labute approximate surface area is 251 Å². The lowest BCUT2D eigenvalue weighted by molar-refractivity contribution is -0.123. The van der Waals surface area contributed by atoms with E-state index in [-0.39, 0.29) is 35.2 Å². The minimum absolute atomic E-state index is 0.102. The number of hydrogen-bond acceptors (Lipinski definition) is 5. The molecule has 5 aromatic rings. The van der Waals surface area contributed by atoms with Crippen LogP contribution in [0, 0.1) is 5.82 Å². The van der Waals surface area contributed by atoms with E-state index < -0.39 is 0 Å². The number of thioether (sulfide) groups is 1. The van der Waals surface area contributed by atoms with Gasteiger partial charge in [0.1, 0.15) is 18.2 Å². The Kier molecular flexibility index (Phi) is 8.03. The van der Waals surface area contributed by atoms with Crippen molar-refractivity contribution in [3.8, 4) is 16.9 Å². The molecule has 3 heterocycles. The largest absolute Gasteiger partial charge is 0.350 e. The Morgan fingerprint density at radius 3 is 2.43 bits per heavy atom. The zero-order valence-electron chi connectivity index (χ0n) is 22.3. The average Bonchev–Trinajstić information content (AvgIpc) is 3.34. The van der Waals surface area contributed by atoms with E-state index in [1.54, 1.807) is 35.3 Å². The van der Waals surface area contributed by atoms with Crippen molar-refractivity contribution in [1.29, 1.82) is 0 Å². The van der Waals surface area contributed by atoms with E-state index in [1.807, 2.05) is 60.7 Å². The van der Waals surface area contributed by atoms with E-state index in [0.717, 1.165) is 22.3 Å². The van der Waals surface area contributed by atoms with Crippen molar-refractivity contribution in [3.63, 3.8) is 0 Å². The second kappa shape index (κ2) is 12.2. The van der Waals surface area contributed by atoms with Gasteiger partial charge in [-0.2, -0.15) is 5.10 Å². The van der Waals surface area contributed by atoms with Crippen LogP contribution in [-0.4, -0.2) is 38.9 Å². The van der Waals surface area contributed by atoms with E-state index in [0.29, 0.717) is 28.8 Å². The first-order chi connectivity index (χ1) is 20.5. The lowest BCUT2D eigenvalue weighted by atomic mass is 9.99. The number of anilines is 1. The fraction of sp³-hybridized carbons (Fsp3) is 0.125. The Morgan fingerprint density at radius 2 is 1.69 bits per heavy atom. The van der Waals surface area contributed by atoms with Crippen LogP contribution in [-0.2, 0) is 16.1 Å². The molecule has 1 aliphatic rings. The number of pyridine rings is 1. The molecule has 210 valence electrons. The summed E-state index contributed by atoms with van der Waals surface area (Å²) in [4.78, 5) is 32.6. The number of benzene rings is 3. The van der Waals surface area contributed by atoms with Gasteiger partial charge >= 0.3 is 0 Å². The standard InChI is InChI=1S/C32H25ClFN5O2S/c33-25-8-4-5-9-26(25)39-32-29(30(37-39)22-6-2-1-3-7-22)31(23-10-12-24(34)13-11-23)42-20-28(41)38(32)19-27(40)36-18-21-14-16-35-17-15-21/h1-17,31H,18-20H2,(H,36,40). The minimum Gasteiger partial charge on any atom is -0.350 e. The van der Waals surface area contributed by atoms with Crippen molar-refractivity contribution in [1.82, 2.24) is 20.1 Å². The molecule has 2 amide bonds. The molecular formula is C32H25ClFN5O2S. The normalized spacial score (nSPS) is 14.8. The molecule has 7 nitrogen and oxygen atoms in total. The van der Waals surface area contributed by atoms with E-state index >= 15 is 0 Å². The van der Waals surface area contributed by atoms with Gasteiger partial charge in [0, 0.05) is 30.1 Å². The molecule has 0 saturated carbocycles. The maximum Gasteiger partial charge on any atom is 0.240 e. The molecule has 1 unspecified atom stereocenters. The lowest BCUT2D eigenvalue weighted by Gasteiger charge is -2.23. The topological polar surface area (TPSA) is 80.1 Å². The van der Waals surface area contributed by atoms with Crippen molar-refractivity contribution in [2.75, 3.05) is 17.2 Å². The number of halogens is 2. The van der Waals surface area contributed by atoms with Gasteiger partial charge < -0.3 is 5.32 Å². The smallest absolute Gasteiger partial charge is 0.240 e. The molecule has 3 aromatic carbocycles. The Bertz CT molecular complexity index is 1730. The van der Waals surface area contributed by atoms with Crippen molar-refractivity contribution in [2.24, 2.45) is 0 Å².